The monoisotopic (exact) mass is 274 g/mol. The summed E-state index contributed by atoms with van der Waals surface area (Å²) in [4.78, 5) is 0.157. The minimum atomic E-state index is -3.32. The van der Waals surface area contributed by atoms with E-state index in [1.54, 1.807) is 12.1 Å². The van der Waals surface area contributed by atoms with E-state index in [2.05, 4.69) is 6.58 Å². The van der Waals surface area contributed by atoms with Crippen molar-refractivity contribution >= 4 is 21.4 Å². The fourth-order valence-corrected chi connectivity index (χ4v) is 3.31. The molecule has 1 rings (SSSR count). The summed E-state index contributed by atoms with van der Waals surface area (Å²) in [6.45, 7) is 3.56. The van der Waals surface area contributed by atoms with Crippen LogP contribution < -0.4 is 4.74 Å². The smallest absolute Gasteiger partial charge is 0.179 e. The number of sulfone groups is 1. The van der Waals surface area contributed by atoms with Crippen molar-refractivity contribution in [2.45, 2.75) is 17.7 Å². The molecule has 3 nitrogen and oxygen atoms in total. The van der Waals surface area contributed by atoms with Crippen LogP contribution in [-0.2, 0) is 9.84 Å². The van der Waals surface area contributed by atoms with Crippen molar-refractivity contribution in [3.63, 3.8) is 0 Å². The van der Waals surface area contributed by atoms with Gasteiger partial charge in [0.15, 0.2) is 9.84 Å². The molecule has 0 unspecified atom stereocenters. The average Bonchev–Trinajstić information content (AvgIpc) is 2.28. The lowest BCUT2D eigenvalue weighted by Crippen LogP contribution is -2.07. The number of rotatable bonds is 6. The van der Waals surface area contributed by atoms with Gasteiger partial charge in [0.1, 0.15) is 5.75 Å². The number of benzene rings is 1. The number of ether oxygens (including phenoxy) is 1. The second-order valence-electron chi connectivity index (χ2n) is 3.55. The Hall–Kier alpha value is -1.00. The molecule has 0 aliphatic rings. The van der Waals surface area contributed by atoms with Crippen LogP contribution in [0.15, 0.2) is 35.7 Å². The number of allylic oxidation sites excluding steroid dienone is 1. The summed E-state index contributed by atoms with van der Waals surface area (Å²) in [6.07, 6.45) is 2.92. The van der Waals surface area contributed by atoms with E-state index in [0.29, 0.717) is 18.6 Å². The van der Waals surface area contributed by atoms with E-state index in [9.17, 15) is 8.42 Å². The topological polar surface area (TPSA) is 43.4 Å². The Labute approximate surface area is 107 Å². The second kappa shape index (κ2) is 6.07. The van der Waals surface area contributed by atoms with Gasteiger partial charge in [-0.1, -0.05) is 17.7 Å². The lowest BCUT2D eigenvalue weighted by Gasteiger charge is -2.07. The normalized spacial score (nSPS) is 11.2. The quantitative estimate of drug-likeness (QED) is 0.591. The highest BCUT2D eigenvalue weighted by molar-refractivity contribution is 7.91. The Morgan fingerprint density at radius 2 is 2.18 bits per heavy atom. The molecular formula is C12H15ClO3S. The summed E-state index contributed by atoms with van der Waals surface area (Å²) < 4.78 is 28.9. The van der Waals surface area contributed by atoms with Gasteiger partial charge in [-0.3, -0.25) is 0 Å². The number of hydrogen-bond acceptors (Lipinski definition) is 3. The summed E-state index contributed by atoms with van der Waals surface area (Å²) in [7, 11) is -1.82. The minimum Gasteiger partial charge on any atom is -0.497 e. The van der Waals surface area contributed by atoms with Gasteiger partial charge in [0, 0.05) is 6.07 Å². The summed E-state index contributed by atoms with van der Waals surface area (Å²) in [5, 5.41) is 0.197. The van der Waals surface area contributed by atoms with Crippen molar-refractivity contribution in [2.24, 2.45) is 0 Å². The molecule has 0 saturated carbocycles. The van der Waals surface area contributed by atoms with E-state index in [1.165, 1.54) is 19.2 Å². The summed E-state index contributed by atoms with van der Waals surface area (Å²) >= 11 is 5.93. The van der Waals surface area contributed by atoms with Crippen LogP contribution >= 0.6 is 11.6 Å². The molecule has 0 aliphatic heterocycles. The highest BCUT2D eigenvalue weighted by atomic mass is 35.5. The van der Waals surface area contributed by atoms with Crippen LogP contribution in [0.4, 0.5) is 0 Å². The van der Waals surface area contributed by atoms with Gasteiger partial charge in [-0.05, 0) is 25.0 Å². The first-order chi connectivity index (χ1) is 8.01. The van der Waals surface area contributed by atoms with Gasteiger partial charge in [-0.25, -0.2) is 8.42 Å². The molecule has 0 amide bonds. The fourth-order valence-electron chi connectivity index (χ4n) is 1.39. The number of unbranched alkanes of at least 4 members (excludes halogenated alkanes) is 1. The molecule has 0 heterocycles. The first kappa shape index (κ1) is 14.1. The van der Waals surface area contributed by atoms with Gasteiger partial charge < -0.3 is 4.74 Å². The Morgan fingerprint density at radius 3 is 2.71 bits per heavy atom. The second-order valence-corrected chi connectivity index (χ2v) is 6.03. The number of methoxy groups -OCH3 is 1. The van der Waals surface area contributed by atoms with Crippen LogP contribution in [0.3, 0.4) is 0 Å². The lowest BCUT2D eigenvalue weighted by molar-refractivity contribution is 0.414. The molecule has 0 bridgehead atoms. The van der Waals surface area contributed by atoms with Crippen LogP contribution in [0.25, 0.3) is 0 Å². The van der Waals surface area contributed by atoms with Crippen molar-refractivity contribution in [1.29, 1.82) is 0 Å². The molecule has 0 N–H and O–H groups in total. The first-order valence-corrected chi connectivity index (χ1v) is 7.21. The highest BCUT2D eigenvalue weighted by Crippen LogP contribution is 2.27. The zero-order valence-corrected chi connectivity index (χ0v) is 11.2. The van der Waals surface area contributed by atoms with Gasteiger partial charge in [0.25, 0.3) is 0 Å². The van der Waals surface area contributed by atoms with Crippen LogP contribution in [0.1, 0.15) is 12.8 Å². The van der Waals surface area contributed by atoms with Crippen molar-refractivity contribution in [3.05, 3.63) is 35.9 Å². The van der Waals surface area contributed by atoms with Gasteiger partial charge >= 0.3 is 0 Å². The van der Waals surface area contributed by atoms with Gasteiger partial charge in [-0.2, -0.15) is 0 Å². The lowest BCUT2D eigenvalue weighted by atomic mass is 10.3. The molecule has 0 atom stereocenters. The maximum absolute atomic E-state index is 12.0. The maximum Gasteiger partial charge on any atom is 0.179 e. The van der Waals surface area contributed by atoms with Crippen molar-refractivity contribution in [3.8, 4) is 5.75 Å². The Bertz CT molecular complexity index is 494. The van der Waals surface area contributed by atoms with Crippen LogP contribution in [-0.4, -0.2) is 21.3 Å². The zero-order chi connectivity index (χ0) is 12.9. The Balaban J connectivity index is 2.95. The molecule has 17 heavy (non-hydrogen) atoms. The largest absolute Gasteiger partial charge is 0.497 e. The maximum atomic E-state index is 12.0. The summed E-state index contributed by atoms with van der Waals surface area (Å²) in [5.74, 6) is 0.616. The molecule has 1 aromatic carbocycles. The van der Waals surface area contributed by atoms with E-state index in [0.717, 1.165) is 0 Å². The average molecular weight is 275 g/mol. The van der Waals surface area contributed by atoms with Crippen molar-refractivity contribution in [1.82, 2.24) is 0 Å². The number of hydrogen-bond donors (Lipinski definition) is 0. The predicted octanol–water partition coefficient (Wildman–Crippen LogP) is 3.09. The molecule has 0 fully saturated rings. The van der Waals surface area contributed by atoms with Crippen LogP contribution in [0, 0.1) is 0 Å². The molecule has 0 aromatic heterocycles. The van der Waals surface area contributed by atoms with Crippen molar-refractivity contribution < 1.29 is 13.2 Å². The summed E-state index contributed by atoms with van der Waals surface area (Å²) in [5.41, 5.74) is 0. The zero-order valence-electron chi connectivity index (χ0n) is 9.65. The Morgan fingerprint density at radius 1 is 1.47 bits per heavy atom. The van der Waals surface area contributed by atoms with Crippen LogP contribution in [0.5, 0.6) is 5.75 Å². The molecule has 0 radical (unpaired) electrons. The molecular weight excluding hydrogens is 260 g/mol. The SMILES string of the molecule is C=CCCCS(=O)(=O)c1ccc(OC)cc1Cl. The molecule has 0 spiro atoms. The molecule has 5 heteroatoms. The number of halogens is 1. The van der Waals surface area contributed by atoms with E-state index in [-0.39, 0.29) is 15.7 Å². The molecule has 0 aliphatic carbocycles. The molecule has 0 saturated heterocycles. The van der Waals surface area contributed by atoms with Crippen molar-refractivity contribution in [2.75, 3.05) is 12.9 Å². The first-order valence-electron chi connectivity index (χ1n) is 5.18. The van der Waals surface area contributed by atoms with E-state index >= 15 is 0 Å². The van der Waals surface area contributed by atoms with E-state index < -0.39 is 9.84 Å². The standard InChI is InChI=1S/C12H15ClO3S/c1-3-4-5-8-17(14,15)12-7-6-10(16-2)9-11(12)13/h3,6-7,9H,1,4-5,8H2,2H3. The predicted molar refractivity (Wildman–Crippen MR) is 69.5 cm³/mol. The van der Waals surface area contributed by atoms with E-state index in [4.69, 9.17) is 16.3 Å². The summed E-state index contributed by atoms with van der Waals surface area (Å²) in [6, 6.07) is 4.57. The van der Waals surface area contributed by atoms with E-state index in [1.807, 2.05) is 0 Å². The minimum absolute atomic E-state index is 0.0745. The van der Waals surface area contributed by atoms with Gasteiger partial charge in [0.2, 0.25) is 0 Å². The third-order valence-corrected chi connectivity index (χ3v) is 4.57. The highest BCUT2D eigenvalue weighted by Gasteiger charge is 2.17. The third kappa shape index (κ3) is 3.75. The fraction of sp³-hybridized carbons (Fsp3) is 0.333. The van der Waals surface area contributed by atoms with Crippen LogP contribution in [0.2, 0.25) is 5.02 Å². The van der Waals surface area contributed by atoms with Gasteiger partial charge in [-0.15, -0.1) is 6.58 Å². The Kier molecular flexibility index (Phi) is 5.02. The molecule has 1 aromatic rings. The van der Waals surface area contributed by atoms with Gasteiger partial charge in [0.05, 0.1) is 22.8 Å². The third-order valence-electron chi connectivity index (χ3n) is 2.30. The molecule has 94 valence electrons.